The van der Waals surface area contributed by atoms with Crippen molar-refractivity contribution >= 4 is 50.2 Å². The summed E-state index contributed by atoms with van der Waals surface area (Å²) in [7, 11) is 0. The van der Waals surface area contributed by atoms with Crippen molar-refractivity contribution < 1.29 is 4.39 Å². The Morgan fingerprint density at radius 3 is 2.76 bits per heavy atom. The van der Waals surface area contributed by atoms with E-state index < -0.39 is 0 Å². The summed E-state index contributed by atoms with van der Waals surface area (Å²) < 4.78 is 16.2. The number of halogens is 4. The third-order valence-electron chi connectivity index (χ3n) is 3.27. The number of fused-ring (bicyclic) bond motifs is 1. The molecule has 1 aromatic heterocycles. The molecule has 6 heteroatoms. The molecule has 1 heterocycles. The fourth-order valence-corrected chi connectivity index (χ4v) is 3.24. The zero-order valence-electron chi connectivity index (χ0n) is 11.0. The second-order valence-electron chi connectivity index (χ2n) is 4.68. The number of hydrogen-bond acceptors (Lipinski definition) is 1. The first-order valence-corrected chi connectivity index (χ1v) is 7.90. The molecule has 0 radical (unpaired) electrons. The molecule has 0 unspecified atom stereocenters. The molecule has 0 spiro atoms. The minimum Gasteiger partial charge on any atom is -0.294 e. The van der Waals surface area contributed by atoms with Gasteiger partial charge in [-0.2, -0.15) is 0 Å². The van der Waals surface area contributed by atoms with Crippen LogP contribution in [-0.2, 0) is 5.88 Å². The predicted octanol–water partition coefficient (Wildman–Crippen LogP) is 5.63. The van der Waals surface area contributed by atoms with Crippen LogP contribution in [0.2, 0.25) is 5.02 Å². The van der Waals surface area contributed by atoms with Crippen molar-refractivity contribution in [2.45, 2.75) is 12.8 Å². The van der Waals surface area contributed by atoms with Gasteiger partial charge in [-0.3, -0.25) is 4.57 Å². The van der Waals surface area contributed by atoms with Gasteiger partial charge in [-0.25, -0.2) is 9.37 Å². The number of benzene rings is 2. The topological polar surface area (TPSA) is 17.8 Å². The second-order valence-corrected chi connectivity index (χ2v) is 6.21. The van der Waals surface area contributed by atoms with E-state index in [2.05, 4.69) is 20.9 Å². The van der Waals surface area contributed by atoms with Crippen LogP contribution in [0.3, 0.4) is 0 Å². The maximum absolute atomic E-state index is 13.6. The van der Waals surface area contributed by atoms with Crippen molar-refractivity contribution in [1.82, 2.24) is 9.55 Å². The van der Waals surface area contributed by atoms with Crippen LogP contribution in [0.25, 0.3) is 16.7 Å². The Morgan fingerprint density at radius 1 is 1.29 bits per heavy atom. The maximum atomic E-state index is 13.6. The zero-order chi connectivity index (χ0) is 15.1. The molecule has 0 aliphatic rings. The molecular formula is C15H10BrCl2FN2. The number of rotatable bonds is 2. The quantitative estimate of drug-likeness (QED) is 0.521. The molecule has 2 nitrogen and oxygen atoms in total. The van der Waals surface area contributed by atoms with E-state index >= 15 is 0 Å². The normalized spacial score (nSPS) is 11.3. The number of aryl methyl sites for hydroxylation is 1. The lowest BCUT2D eigenvalue weighted by Gasteiger charge is -2.12. The van der Waals surface area contributed by atoms with Crippen LogP contribution < -0.4 is 0 Å². The maximum Gasteiger partial charge on any atom is 0.129 e. The van der Waals surface area contributed by atoms with E-state index in [4.69, 9.17) is 23.2 Å². The van der Waals surface area contributed by atoms with Crippen molar-refractivity contribution in [3.63, 3.8) is 0 Å². The molecular weight excluding hydrogens is 378 g/mol. The summed E-state index contributed by atoms with van der Waals surface area (Å²) in [4.78, 5) is 4.44. The molecule has 108 valence electrons. The van der Waals surface area contributed by atoms with Crippen molar-refractivity contribution in [3.8, 4) is 5.69 Å². The summed E-state index contributed by atoms with van der Waals surface area (Å²) in [5.41, 5.74) is 3.09. The van der Waals surface area contributed by atoms with Gasteiger partial charge in [-0.15, -0.1) is 11.6 Å². The Bertz CT molecular complexity index is 845. The lowest BCUT2D eigenvalue weighted by molar-refractivity contribution is 0.629. The summed E-state index contributed by atoms with van der Waals surface area (Å²) >= 11 is 15.7. The van der Waals surface area contributed by atoms with Crippen molar-refractivity contribution in [2.24, 2.45) is 0 Å². The van der Waals surface area contributed by atoms with Crippen LogP contribution in [0.4, 0.5) is 4.39 Å². The highest BCUT2D eigenvalue weighted by Crippen LogP contribution is 2.32. The lowest BCUT2D eigenvalue weighted by Crippen LogP contribution is -2.01. The van der Waals surface area contributed by atoms with Gasteiger partial charge in [0.25, 0.3) is 0 Å². The fourth-order valence-electron chi connectivity index (χ4n) is 2.26. The third-order valence-corrected chi connectivity index (χ3v) is 4.56. The summed E-state index contributed by atoms with van der Waals surface area (Å²) in [6.07, 6.45) is 0. The van der Waals surface area contributed by atoms with Gasteiger partial charge >= 0.3 is 0 Å². The zero-order valence-corrected chi connectivity index (χ0v) is 14.1. The van der Waals surface area contributed by atoms with Crippen LogP contribution in [-0.4, -0.2) is 9.55 Å². The number of alkyl halides is 1. The largest absolute Gasteiger partial charge is 0.294 e. The van der Waals surface area contributed by atoms with E-state index in [1.807, 2.05) is 23.6 Å². The molecule has 3 aromatic rings. The van der Waals surface area contributed by atoms with E-state index in [0.29, 0.717) is 21.9 Å². The molecule has 0 saturated carbocycles. The average Bonchev–Trinajstić information content (AvgIpc) is 2.80. The summed E-state index contributed by atoms with van der Waals surface area (Å²) in [6, 6.07) is 8.21. The third kappa shape index (κ3) is 2.56. The lowest BCUT2D eigenvalue weighted by atomic mass is 10.2. The Hall–Kier alpha value is -1.10. The molecule has 0 fully saturated rings. The SMILES string of the molecule is Cc1cc(Br)c(-n2c(CCl)nc3ccc(F)cc32)cc1Cl. The molecule has 3 rings (SSSR count). The first-order valence-electron chi connectivity index (χ1n) is 6.20. The van der Waals surface area contributed by atoms with E-state index in [0.717, 1.165) is 15.7 Å². The highest BCUT2D eigenvalue weighted by Gasteiger charge is 2.15. The predicted molar refractivity (Wildman–Crippen MR) is 88.0 cm³/mol. The fraction of sp³-hybridized carbons (Fsp3) is 0.133. The van der Waals surface area contributed by atoms with Crippen LogP contribution >= 0.6 is 39.1 Å². The molecule has 0 N–H and O–H groups in total. The first kappa shape index (κ1) is 14.8. The van der Waals surface area contributed by atoms with E-state index in [1.54, 1.807) is 6.07 Å². The van der Waals surface area contributed by atoms with Gasteiger partial charge in [0.05, 0.1) is 22.6 Å². The van der Waals surface area contributed by atoms with Gasteiger partial charge in [-0.05, 0) is 52.7 Å². The molecule has 2 aromatic carbocycles. The minimum absolute atomic E-state index is 0.217. The highest BCUT2D eigenvalue weighted by molar-refractivity contribution is 9.10. The van der Waals surface area contributed by atoms with Crippen molar-refractivity contribution in [3.05, 3.63) is 57.0 Å². The second kappa shape index (κ2) is 5.59. The van der Waals surface area contributed by atoms with Gasteiger partial charge in [0.15, 0.2) is 0 Å². The summed E-state index contributed by atoms with van der Waals surface area (Å²) in [5.74, 6) is 0.533. The van der Waals surface area contributed by atoms with Gasteiger partial charge in [0, 0.05) is 15.6 Å². The number of hydrogen-bond donors (Lipinski definition) is 0. The highest BCUT2D eigenvalue weighted by atomic mass is 79.9. The van der Waals surface area contributed by atoms with Gasteiger partial charge in [-0.1, -0.05) is 11.6 Å². The van der Waals surface area contributed by atoms with Crippen molar-refractivity contribution in [1.29, 1.82) is 0 Å². The molecule has 0 bridgehead atoms. The first-order chi connectivity index (χ1) is 10.0. The Labute approximate surface area is 139 Å². The smallest absolute Gasteiger partial charge is 0.129 e. The van der Waals surface area contributed by atoms with Crippen LogP contribution in [0.1, 0.15) is 11.4 Å². The summed E-state index contributed by atoms with van der Waals surface area (Å²) in [6.45, 7) is 1.92. The summed E-state index contributed by atoms with van der Waals surface area (Å²) in [5, 5.41) is 0.631. The van der Waals surface area contributed by atoms with Crippen LogP contribution in [0.5, 0.6) is 0 Å². The minimum atomic E-state index is -0.320. The van der Waals surface area contributed by atoms with Gasteiger partial charge < -0.3 is 0 Å². The van der Waals surface area contributed by atoms with Crippen LogP contribution in [0.15, 0.2) is 34.8 Å². The van der Waals surface area contributed by atoms with Gasteiger partial charge in [0.2, 0.25) is 0 Å². The molecule has 0 saturated heterocycles. The molecule has 0 amide bonds. The van der Waals surface area contributed by atoms with E-state index in [1.165, 1.54) is 12.1 Å². The van der Waals surface area contributed by atoms with E-state index in [-0.39, 0.29) is 11.7 Å². The molecule has 0 aliphatic heterocycles. The average molecular weight is 388 g/mol. The van der Waals surface area contributed by atoms with Gasteiger partial charge in [0.1, 0.15) is 11.6 Å². The van der Waals surface area contributed by atoms with Crippen molar-refractivity contribution in [2.75, 3.05) is 0 Å². The number of nitrogens with zero attached hydrogens (tertiary/aromatic N) is 2. The molecule has 0 aliphatic carbocycles. The standard InChI is InChI=1S/C15H10BrCl2FN2/c1-8-4-10(16)13(6-11(8)18)21-14-5-9(19)2-3-12(14)20-15(21)7-17/h2-6H,7H2,1H3. The number of aromatic nitrogens is 2. The monoisotopic (exact) mass is 386 g/mol. The number of imidazole rings is 1. The van der Waals surface area contributed by atoms with Crippen LogP contribution in [0, 0.1) is 12.7 Å². The molecule has 0 atom stereocenters. The Morgan fingerprint density at radius 2 is 2.05 bits per heavy atom. The Kier molecular flexibility index (Phi) is 3.95. The molecule has 21 heavy (non-hydrogen) atoms. The Balaban J connectivity index is 2.38. The van der Waals surface area contributed by atoms with E-state index in [9.17, 15) is 4.39 Å².